The first kappa shape index (κ1) is 33.4. The van der Waals surface area contributed by atoms with E-state index >= 15 is 0 Å². The average Bonchev–Trinajstić information content (AvgIpc) is 3.71. The van der Waals surface area contributed by atoms with Crippen molar-refractivity contribution in [3.8, 4) is 33.4 Å². The molecular formula is C56H41N. The Balaban J connectivity index is 1.16. The molecule has 0 saturated heterocycles. The van der Waals surface area contributed by atoms with E-state index in [1.54, 1.807) is 0 Å². The van der Waals surface area contributed by atoms with Crippen LogP contribution in [0.15, 0.2) is 212 Å². The van der Waals surface area contributed by atoms with Crippen molar-refractivity contribution in [2.75, 3.05) is 4.90 Å². The maximum absolute atomic E-state index is 2.45. The first-order valence-corrected chi connectivity index (χ1v) is 20.0. The molecule has 1 heteroatoms. The van der Waals surface area contributed by atoms with Crippen LogP contribution in [0, 0.1) is 0 Å². The number of rotatable bonds is 6. The average molecular weight is 728 g/mol. The Morgan fingerprint density at radius 1 is 0.351 bits per heavy atom. The zero-order valence-electron chi connectivity index (χ0n) is 32.2. The molecule has 0 aromatic heterocycles. The fourth-order valence-electron chi connectivity index (χ4n) is 10.1. The minimum Gasteiger partial charge on any atom is -0.310 e. The second-order valence-corrected chi connectivity index (χ2v) is 16.1. The van der Waals surface area contributed by atoms with Crippen molar-refractivity contribution in [1.82, 2.24) is 0 Å². The fraction of sp³-hybridized carbons (Fsp3) is 0.0714. The first-order chi connectivity index (χ1) is 28.0. The third-order valence-electron chi connectivity index (χ3n) is 12.7. The Labute approximate surface area is 335 Å². The highest BCUT2D eigenvalue weighted by Gasteiger charge is 2.47. The molecule has 0 radical (unpaired) electrons. The van der Waals surface area contributed by atoms with Crippen molar-refractivity contribution in [3.05, 3.63) is 246 Å². The number of fused-ring (bicyclic) bond motifs is 8. The van der Waals surface area contributed by atoms with Gasteiger partial charge in [-0.1, -0.05) is 190 Å². The summed E-state index contributed by atoms with van der Waals surface area (Å²) >= 11 is 0. The van der Waals surface area contributed by atoms with Gasteiger partial charge in [-0.15, -0.1) is 0 Å². The van der Waals surface area contributed by atoms with Crippen LogP contribution in [0.2, 0.25) is 0 Å². The Kier molecular flexibility index (Phi) is 7.50. The van der Waals surface area contributed by atoms with Crippen molar-refractivity contribution >= 4 is 27.8 Å². The highest BCUT2D eigenvalue weighted by molar-refractivity contribution is 6.04. The number of hydrogen-bond donors (Lipinski definition) is 0. The summed E-state index contributed by atoms with van der Waals surface area (Å²) in [6, 6.07) is 78.8. The SMILES string of the molecule is CC1(C)c2ccccc2-c2cc(N(c3ccc(-c4ccccc4)cc3)c3cccc(C4(c5ccccc5)c5ccccc5-c5c4ccc4ccccc54)c3)ccc21. The lowest BCUT2D eigenvalue weighted by molar-refractivity contribution is 0.660. The van der Waals surface area contributed by atoms with E-state index in [1.165, 1.54) is 77.5 Å². The molecule has 1 nitrogen and oxygen atoms in total. The molecule has 1 atom stereocenters. The molecule has 9 aromatic carbocycles. The van der Waals surface area contributed by atoms with E-state index < -0.39 is 5.41 Å². The highest BCUT2D eigenvalue weighted by atomic mass is 15.1. The molecule has 2 aliphatic carbocycles. The lowest BCUT2D eigenvalue weighted by atomic mass is 9.67. The minimum atomic E-state index is -0.531. The Morgan fingerprint density at radius 3 is 1.74 bits per heavy atom. The zero-order chi connectivity index (χ0) is 38.1. The maximum atomic E-state index is 2.45. The van der Waals surface area contributed by atoms with E-state index in [1.807, 2.05) is 0 Å². The summed E-state index contributed by atoms with van der Waals surface area (Å²) in [7, 11) is 0. The van der Waals surface area contributed by atoms with Gasteiger partial charge in [-0.05, 0) is 114 Å². The molecule has 0 saturated carbocycles. The quantitative estimate of drug-likeness (QED) is 0.165. The molecule has 0 spiro atoms. The fourth-order valence-corrected chi connectivity index (χ4v) is 10.1. The van der Waals surface area contributed by atoms with Gasteiger partial charge >= 0.3 is 0 Å². The highest BCUT2D eigenvalue weighted by Crippen LogP contribution is 2.58. The molecule has 0 fully saturated rings. The van der Waals surface area contributed by atoms with E-state index in [9.17, 15) is 0 Å². The minimum absolute atomic E-state index is 0.0674. The third-order valence-corrected chi connectivity index (χ3v) is 12.7. The molecular weight excluding hydrogens is 687 g/mol. The van der Waals surface area contributed by atoms with Crippen LogP contribution in [0.4, 0.5) is 17.1 Å². The Morgan fingerprint density at radius 2 is 0.930 bits per heavy atom. The van der Waals surface area contributed by atoms with Gasteiger partial charge in [-0.2, -0.15) is 0 Å². The molecule has 0 amide bonds. The smallest absolute Gasteiger partial charge is 0.0714 e. The first-order valence-electron chi connectivity index (χ1n) is 20.0. The topological polar surface area (TPSA) is 3.24 Å². The van der Waals surface area contributed by atoms with Gasteiger partial charge in [0.05, 0.1) is 5.41 Å². The van der Waals surface area contributed by atoms with Crippen molar-refractivity contribution in [2.24, 2.45) is 0 Å². The van der Waals surface area contributed by atoms with Gasteiger partial charge in [0.15, 0.2) is 0 Å². The van der Waals surface area contributed by atoms with Gasteiger partial charge in [0.1, 0.15) is 0 Å². The summed E-state index contributed by atoms with van der Waals surface area (Å²) in [6.45, 7) is 4.70. The van der Waals surface area contributed by atoms with E-state index in [-0.39, 0.29) is 5.41 Å². The number of benzene rings is 9. The van der Waals surface area contributed by atoms with Crippen LogP contribution in [0.5, 0.6) is 0 Å². The Hall–Kier alpha value is -6.96. The number of nitrogens with zero attached hydrogens (tertiary/aromatic N) is 1. The monoisotopic (exact) mass is 727 g/mol. The van der Waals surface area contributed by atoms with Gasteiger partial charge < -0.3 is 4.90 Å². The van der Waals surface area contributed by atoms with Crippen LogP contribution in [0.25, 0.3) is 44.2 Å². The van der Waals surface area contributed by atoms with Crippen molar-refractivity contribution in [2.45, 2.75) is 24.7 Å². The molecule has 57 heavy (non-hydrogen) atoms. The molecule has 2 aliphatic rings. The van der Waals surface area contributed by atoms with Crippen molar-refractivity contribution in [3.63, 3.8) is 0 Å². The van der Waals surface area contributed by atoms with E-state index in [4.69, 9.17) is 0 Å². The van der Waals surface area contributed by atoms with Gasteiger partial charge in [0.2, 0.25) is 0 Å². The third kappa shape index (κ3) is 4.95. The van der Waals surface area contributed by atoms with Crippen LogP contribution in [0.1, 0.15) is 47.2 Å². The van der Waals surface area contributed by atoms with Crippen LogP contribution < -0.4 is 4.90 Å². The van der Waals surface area contributed by atoms with Gasteiger partial charge in [-0.3, -0.25) is 0 Å². The van der Waals surface area contributed by atoms with E-state index in [0.29, 0.717) is 0 Å². The van der Waals surface area contributed by atoms with Crippen LogP contribution >= 0.6 is 0 Å². The summed E-state index contributed by atoms with van der Waals surface area (Å²) < 4.78 is 0. The molecule has 270 valence electrons. The van der Waals surface area contributed by atoms with Crippen LogP contribution in [-0.2, 0) is 10.8 Å². The van der Waals surface area contributed by atoms with Gasteiger partial charge in [0, 0.05) is 22.5 Å². The predicted molar refractivity (Wildman–Crippen MR) is 239 cm³/mol. The summed E-state index contributed by atoms with van der Waals surface area (Å²) in [4.78, 5) is 2.45. The Bertz CT molecular complexity index is 2980. The standard InChI is InChI=1S/C56H41N/c1-55(2)50-26-13-11-24-47(50)49-37-45(33-35-51(49)55)57(43-31-28-39(29-32-43)38-16-5-3-6-17-38)44-22-15-21-42(36-44)56(41-19-7-4-8-20-41)52-27-14-12-25-48(52)54-46-23-10-9-18-40(46)30-34-53(54)56/h3-37H,1-2H3. The second kappa shape index (κ2) is 12.8. The zero-order valence-corrected chi connectivity index (χ0v) is 32.2. The lowest BCUT2D eigenvalue weighted by Gasteiger charge is -2.35. The maximum Gasteiger partial charge on any atom is 0.0714 e. The predicted octanol–water partition coefficient (Wildman–Crippen LogP) is 14.6. The molecule has 11 rings (SSSR count). The second-order valence-electron chi connectivity index (χ2n) is 16.1. The number of anilines is 3. The molecule has 1 unspecified atom stereocenters. The number of hydrogen-bond acceptors (Lipinski definition) is 1. The summed E-state index contributed by atoms with van der Waals surface area (Å²) in [5.41, 5.74) is 18.3. The summed E-state index contributed by atoms with van der Waals surface area (Å²) in [5.74, 6) is 0. The summed E-state index contributed by atoms with van der Waals surface area (Å²) in [5, 5.41) is 2.55. The van der Waals surface area contributed by atoms with E-state index in [0.717, 1.165) is 17.1 Å². The normalized spacial score (nSPS) is 15.8. The van der Waals surface area contributed by atoms with Gasteiger partial charge in [-0.25, -0.2) is 0 Å². The molecule has 9 aromatic rings. The van der Waals surface area contributed by atoms with E-state index in [2.05, 4.69) is 231 Å². The largest absolute Gasteiger partial charge is 0.310 e. The molecule has 0 N–H and O–H groups in total. The summed E-state index contributed by atoms with van der Waals surface area (Å²) in [6.07, 6.45) is 0. The van der Waals surface area contributed by atoms with Gasteiger partial charge in [0.25, 0.3) is 0 Å². The van der Waals surface area contributed by atoms with Crippen molar-refractivity contribution in [1.29, 1.82) is 0 Å². The van der Waals surface area contributed by atoms with Crippen LogP contribution in [0.3, 0.4) is 0 Å². The molecule has 0 bridgehead atoms. The molecule has 0 heterocycles. The molecule has 0 aliphatic heterocycles. The lowest BCUT2D eigenvalue weighted by Crippen LogP contribution is -2.28. The van der Waals surface area contributed by atoms with Crippen LogP contribution in [-0.4, -0.2) is 0 Å². The van der Waals surface area contributed by atoms with Crippen molar-refractivity contribution < 1.29 is 0 Å².